The zero-order valence-corrected chi connectivity index (χ0v) is 18.0. The second-order valence-electron chi connectivity index (χ2n) is 8.52. The summed E-state index contributed by atoms with van der Waals surface area (Å²) in [4.78, 5) is 37.1. The van der Waals surface area contributed by atoms with Crippen molar-refractivity contribution in [3.05, 3.63) is 0 Å². The summed E-state index contributed by atoms with van der Waals surface area (Å²) < 4.78 is 117. The largest absolute Gasteiger partial charge is 0.455 e. The molecule has 0 spiro atoms. The smallest absolute Gasteiger partial charge is 0.432 e. The SMILES string of the molecule is CCC(C)(C)C(=O)OC1C2OC(=O)C3C2OC1C3C(=O)OC(C(F)(F)F)C(F)(F)S(=O)(=O)O. The van der Waals surface area contributed by atoms with Crippen LogP contribution < -0.4 is 0 Å². The van der Waals surface area contributed by atoms with Crippen molar-refractivity contribution in [2.75, 3.05) is 0 Å². The molecule has 0 aromatic carbocycles. The molecule has 3 rings (SSSR count). The molecule has 0 aromatic heterocycles. The van der Waals surface area contributed by atoms with Crippen molar-refractivity contribution >= 4 is 28.0 Å². The molecule has 2 bridgehead atoms. The van der Waals surface area contributed by atoms with Gasteiger partial charge < -0.3 is 18.9 Å². The second-order valence-corrected chi connectivity index (χ2v) is 10.0. The van der Waals surface area contributed by atoms with Crippen molar-refractivity contribution in [1.82, 2.24) is 0 Å². The van der Waals surface area contributed by atoms with Gasteiger partial charge in [0.2, 0.25) is 0 Å². The number of alkyl halides is 5. The molecule has 3 heterocycles. The predicted molar refractivity (Wildman–Crippen MR) is 91.9 cm³/mol. The standard InChI is InChI=1S/C17H19F5O10S/c1-4-15(2,3)14(25)31-10-8-6(5-7(29-8)9(10)30-11(5)23)12(24)32-13(16(18,19)20)17(21,22)33(26,27)28/h5-10,13H,4H2,1-3H3,(H,26,27,28). The maximum absolute atomic E-state index is 13.8. The predicted octanol–water partition coefficient (Wildman–Crippen LogP) is 1.23. The third-order valence-electron chi connectivity index (χ3n) is 6.04. The van der Waals surface area contributed by atoms with Crippen LogP contribution in [0.15, 0.2) is 0 Å². The number of ether oxygens (including phenoxy) is 4. The van der Waals surface area contributed by atoms with Crippen molar-refractivity contribution in [3.63, 3.8) is 0 Å². The van der Waals surface area contributed by atoms with Crippen LogP contribution in [-0.4, -0.2) is 72.8 Å². The van der Waals surface area contributed by atoms with E-state index < -0.39 is 87.2 Å². The Morgan fingerprint density at radius 3 is 2.18 bits per heavy atom. The highest BCUT2D eigenvalue weighted by molar-refractivity contribution is 7.86. The highest BCUT2D eigenvalue weighted by Gasteiger charge is 2.73. The van der Waals surface area contributed by atoms with E-state index in [4.69, 9.17) is 18.8 Å². The van der Waals surface area contributed by atoms with E-state index in [1.54, 1.807) is 6.92 Å². The van der Waals surface area contributed by atoms with Gasteiger partial charge in [0.05, 0.1) is 5.41 Å². The Bertz CT molecular complexity index is 962. The summed E-state index contributed by atoms with van der Waals surface area (Å²) in [5.74, 6) is -7.50. The van der Waals surface area contributed by atoms with Crippen LogP contribution in [0.2, 0.25) is 0 Å². The minimum Gasteiger partial charge on any atom is -0.455 e. The van der Waals surface area contributed by atoms with Crippen molar-refractivity contribution in [2.45, 2.75) is 69.1 Å². The molecule has 0 saturated carbocycles. The summed E-state index contributed by atoms with van der Waals surface area (Å²) in [5, 5.41) is -5.95. The lowest BCUT2D eigenvalue weighted by Gasteiger charge is -2.32. The Kier molecular flexibility index (Phi) is 5.98. The summed E-state index contributed by atoms with van der Waals surface area (Å²) in [6.07, 6.45) is -15.8. The Hall–Kier alpha value is -2.07. The van der Waals surface area contributed by atoms with Crippen molar-refractivity contribution in [3.8, 4) is 0 Å². The number of halogens is 5. The number of hydrogen-bond donors (Lipinski definition) is 1. The minimum atomic E-state index is -6.65. The van der Waals surface area contributed by atoms with Gasteiger partial charge in [-0.2, -0.15) is 30.4 Å². The normalized spacial score (nSPS) is 32.5. The molecular weight excluding hydrogens is 491 g/mol. The molecule has 3 aliphatic heterocycles. The van der Waals surface area contributed by atoms with Gasteiger partial charge in [-0.05, 0) is 20.3 Å². The van der Waals surface area contributed by atoms with Crippen LogP contribution in [0.25, 0.3) is 0 Å². The highest BCUT2D eigenvalue weighted by atomic mass is 32.2. The monoisotopic (exact) mass is 510 g/mol. The fraction of sp³-hybridized carbons (Fsp3) is 0.824. The van der Waals surface area contributed by atoms with Crippen LogP contribution in [-0.2, 0) is 43.4 Å². The van der Waals surface area contributed by atoms with Gasteiger partial charge in [-0.15, -0.1) is 0 Å². The molecule has 3 fully saturated rings. The van der Waals surface area contributed by atoms with E-state index in [-0.39, 0.29) is 0 Å². The van der Waals surface area contributed by atoms with E-state index in [0.717, 1.165) is 0 Å². The van der Waals surface area contributed by atoms with Crippen LogP contribution in [0.5, 0.6) is 0 Å². The highest BCUT2D eigenvalue weighted by Crippen LogP contribution is 2.52. The molecule has 16 heteroatoms. The van der Waals surface area contributed by atoms with Crippen LogP contribution >= 0.6 is 0 Å². The van der Waals surface area contributed by atoms with Gasteiger partial charge in [0.1, 0.15) is 24.0 Å². The van der Waals surface area contributed by atoms with Crippen LogP contribution in [0.3, 0.4) is 0 Å². The number of fused-ring (bicyclic) bond motifs is 1. The van der Waals surface area contributed by atoms with Gasteiger partial charge in [-0.25, -0.2) is 0 Å². The van der Waals surface area contributed by atoms with Gasteiger partial charge in [-0.3, -0.25) is 18.9 Å². The van der Waals surface area contributed by atoms with E-state index >= 15 is 0 Å². The molecule has 3 aliphatic rings. The molecule has 1 N–H and O–H groups in total. The summed E-state index contributed by atoms with van der Waals surface area (Å²) in [6.45, 7) is 4.70. The molecule has 188 valence electrons. The molecule has 0 amide bonds. The van der Waals surface area contributed by atoms with E-state index in [1.165, 1.54) is 13.8 Å². The number of esters is 3. The van der Waals surface area contributed by atoms with Gasteiger partial charge in [-0.1, -0.05) is 6.92 Å². The molecule has 0 radical (unpaired) electrons. The van der Waals surface area contributed by atoms with Crippen LogP contribution in [0.1, 0.15) is 27.2 Å². The lowest BCUT2D eigenvalue weighted by molar-refractivity contribution is -0.261. The zero-order valence-electron chi connectivity index (χ0n) is 17.2. The van der Waals surface area contributed by atoms with E-state index in [0.29, 0.717) is 6.42 Å². The first-order valence-electron chi connectivity index (χ1n) is 9.53. The Morgan fingerprint density at radius 1 is 1.12 bits per heavy atom. The molecule has 3 saturated heterocycles. The number of carbonyl (C=O) groups excluding carboxylic acids is 3. The molecule has 10 nitrogen and oxygen atoms in total. The van der Waals surface area contributed by atoms with E-state index in [9.17, 15) is 44.8 Å². The average molecular weight is 510 g/mol. The van der Waals surface area contributed by atoms with Crippen molar-refractivity contribution in [2.24, 2.45) is 17.3 Å². The number of carbonyl (C=O) groups is 3. The van der Waals surface area contributed by atoms with Gasteiger partial charge in [0.25, 0.3) is 6.10 Å². The van der Waals surface area contributed by atoms with Crippen molar-refractivity contribution in [1.29, 1.82) is 0 Å². The maximum atomic E-state index is 13.8. The first kappa shape index (κ1) is 25.6. The van der Waals surface area contributed by atoms with Gasteiger partial charge in [0, 0.05) is 0 Å². The fourth-order valence-electron chi connectivity index (χ4n) is 3.82. The lowest BCUT2D eigenvalue weighted by Crippen LogP contribution is -2.55. The van der Waals surface area contributed by atoms with E-state index in [1.807, 2.05) is 0 Å². The van der Waals surface area contributed by atoms with Gasteiger partial charge in [0.15, 0.2) is 12.2 Å². The average Bonchev–Trinajstić information content (AvgIpc) is 3.27. The topological polar surface area (TPSA) is 142 Å². The Morgan fingerprint density at radius 2 is 1.70 bits per heavy atom. The molecule has 7 atom stereocenters. The van der Waals surface area contributed by atoms with Crippen LogP contribution in [0, 0.1) is 17.3 Å². The number of rotatable bonds is 7. The van der Waals surface area contributed by atoms with Crippen molar-refractivity contribution < 1.29 is 68.3 Å². The maximum Gasteiger partial charge on any atom is 0.432 e. The fourth-order valence-corrected chi connectivity index (χ4v) is 4.27. The Labute approximate surface area is 183 Å². The van der Waals surface area contributed by atoms with Gasteiger partial charge >= 0.3 is 39.5 Å². The molecule has 0 aromatic rings. The summed E-state index contributed by atoms with van der Waals surface area (Å²) in [6, 6.07) is 0. The lowest BCUT2D eigenvalue weighted by atomic mass is 9.78. The van der Waals surface area contributed by atoms with E-state index in [2.05, 4.69) is 4.74 Å². The zero-order chi connectivity index (χ0) is 25.3. The summed E-state index contributed by atoms with van der Waals surface area (Å²) >= 11 is 0. The summed E-state index contributed by atoms with van der Waals surface area (Å²) in [5.41, 5.74) is -1.03. The third kappa shape index (κ3) is 4.05. The quantitative estimate of drug-likeness (QED) is 0.230. The second kappa shape index (κ2) is 7.73. The minimum absolute atomic E-state index is 0.310. The first-order valence-corrected chi connectivity index (χ1v) is 11.0. The third-order valence-corrected chi connectivity index (χ3v) is 6.94. The van der Waals surface area contributed by atoms with Crippen LogP contribution in [0.4, 0.5) is 22.0 Å². The Balaban J connectivity index is 1.90. The molecule has 33 heavy (non-hydrogen) atoms. The molecule has 0 aliphatic carbocycles. The molecular formula is C17H19F5O10S. The number of hydrogen-bond acceptors (Lipinski definition) is 9. The summed E-state index contributed by atoms with van der Waals surface area (Å²) in [7, 11) is -6.65. The molecule has 7 unspecified atom stereocenters. The first-order chi connectivity index (χ1) is 14.8.